The number of hydrogen-bond acceptors (Lipinski definition) is 4. The van der Waals surface area contributed by atoms with Crippen LogP contribution in [0.4, 0.5) is 5.69 Å². The molecule has 0 atom stereocenters. The van der Waals surface area contributed by atoms with Crippen LogP contribution in [0.2, 0.25) is 0 Å². The fourth-order valence-corrected chi connectivity index (χ4v) is 3.51. The topological polar surface area (TPSA) is 82.3 Å². The van der Waals surface area contributed by atoms with Gasteiger partial charge in [-0.2, -0.15) is 0 Å². The summed E-state index contributed by atoms with van der Waals surface area (Å²) in [7, 11) is 0. The van der Waals surface area contributed by atoms with E-state index in [4.69, 9.17) is 0 Å². The maximum atomic E-state index is 12.5. The Bertz CT molecular complexity index is 917. The van der Waals surface area contributed by atoms with Gasteiger partial charge in [-0.1, -0.05) is 18.2 Å². The van der Waals surface area contributed by atoms with Gasteiger partial charge in [0.1, 0.15) is 5.56 Å². The summed E-state index contributed by atoms with van der Waals surface area (Å²) in [6.07, 6.45) is 1.86. The lowest BCUT2D eigenvalue weighted by atomic mass is 9.93. The lowest BCUT2D eigenvalue weighted by Crippen LogP contribution is -2.37. The van der Waals surface area contributed by atoms with Gasteiger partial charge >= 0.3 is 0 Å². The van der Waals surface area contributed by atoms with Gasteiger partial charge in [0.25, 0.3) is 11.5 Å². The van der Waals surface area contributed by atoms with Crippen LogP contribution in [0.25, 0.3) is 0 Å². The van der Waals surface area contributed by atoms with E-state index in [0.717, 1.165) is 18.7 Å². The third-order valence-electron chi connectivity index (χ3n) is 5.00. The van der Waals surface area contributed by atoms with Crippen molar-refractivity contribution in [1.82, 2.24) is 10.3 Å². The Balaban J connectivity index is 1.68. The molecule has 1 aromatic heterocycles. The number of nitrogens with one attached hydrogen (secondary N) is 2. The third-order valence-corrected chi connectivity index (χ3v) is 5.00. The van der Waals surface area contributed by atoms with Crippen LogP contribution in [0.5, 0.6) is 0 Å². The number of hydrogen-bond donors (Lipinski definition) is 2. The highest BCUT2D eigenvalue weighted by atomic mass is 16.2. The van der Waals surface area contributed by atoms with Crippen LogP contribution >= 0.6 is 0 Å². The Morgan fingerprint density at radius 2 is 2.00 bits per heavy atom. The zero-order valence-corrected chi connectivity index (χ0v) is 15.8. The fraction of sp³-hybridized carbons (Fsp3) is 0.381. The van der Waals surface area contributed by atoms with Crippen molar-refractivity contribution in [2.45, 2.75) is 33.1 Å². The van der Waals surface area contributed by atoms with E-state index in [2.05, 4.69) is 41.2 Å². The molecule has 1 amide bonds. The molecule has 0 radical (unpaired) electrons. The minimum absolute atomic E-state index is 0.00272. The quantitative estimate of drug-likeness (QED) is 0.822. The third kappa shape index (κ3) is 4.10. The number of fused-ring (bicyclic) bond motifs is 1. The average Bonchev–Trinajstić information content (AvgIpc) is 2.65. The number of ketones is 1. The smallest absolute Gasteiger partial charge is 0.261 e. The lowest BCUT2D eigenvalue weighted by molar-refractivity contribution is 0.0953. The molecule has 0 saturated carbocycles. The first-order valence-electron chi connectivity index (χ1n) is 9.39. The summed E-state index contributed by atoms with van der Waals surface area (Å²) < 4.78 is 0. The molecule has 0 unspecified atom stereocenters. The number of nitrogens with zero attached hydrogens (tertiary/aromatic N) is 1. The van der Waals surface area contributed by atoms with Gasteiger partial charge < -0.3 is 15.2 Å². The molecular formula is C21H25N3O3. The summed E-state index contributed by atoms with van der Waals surface area (Å²) in [6.45, 7) is 5.98. The molecule has 1 aliphatic carbocycles. The molecule has 1 aromatic carbocycles. The van der Waals surface area contributed by atoms with Crippen LogP contribution in [0.3, 0.4) is 0 Å². The number of rotatable bonds is 6. The highest BCUT2D eigenvalue weighted by Gasteiger charge is 2.22. The van der Waals surface area contributed by atoms with Gasteiger partial charge in [0, 0.05) is 43.0 Å². The number of Topliss-reactive ketones (excluding diaryl/α,β-unsaturated/α-hetero) is 1. The monoisotopic (exact) mass is 367 g/mol. The zero-order chi connectivity index (χ0) is 19.4. The van der Waals surface area contributed by atoms with Gasteiger partial charge in [0.15, 0.2) is 5.78 Å². The average molecular weight is 367 g/mol. The van der Waals surface area contributed by atoms with Gasteiger partial charge in [-0.15, -0.1) is 0 Å². The zero-order valence-electron chi connectivity index (χ0n) is 15.8. The van der Waals surface area contributed by atoms with E-state index < -0.39 is 11.5 Å². The molecule has 2 N–H and O–H groups in total. The molecule has 0 saturated heterocycles. The summed E-state index contributed by atoms with van der Waals surface area (Å²) in [5.74, 6) is -0.462. The van der Waals surface area contributed by atoms with Crippen molar-refractivity contribution in [2.24, 2.45) is 0 Å². The number of pyridine rings is 1. The largest absolute Gasteiger partial charge is 0.370 e. The number of anilines is 1. The number of carbonyl (C=O) groups excluding carboxylic acids is 2. The molecule has 0 aliphatic heterocycles. The predicted octanol–water partition coefficient (Wildman–Crippen LogP) is 2.46. The highest BCUT2D eigenvalue weighted by molar-refractivity contribution is 6.01. The van der Waals surface area contributed by atoms with E-state index in [1.807, 2.05) is 12.1 Å². The SMILES string of the molecule is CCN(CCNC(=O)c1cc2c([nH]c1=O)CCCC2=O)c1ccccc1C. The van der Waals surface area contributed by atoms with Gasteiger partial charge in [-0.3, -0.25) is 14.4 Å². The van der Waals surface area contributed by atoms with Crippen LogP contribution in [0.15, 0.2) is 35.1 Å². The number of benzene rings is 1. The Morgan fingerprint density at radius 3 is 2.74 bits per heavy atom. The number of likely N-dealkylation sites (N-methyl/N-ethyl adjacent to an activating group) is 1. The molecule has 0 bridgehead atoms. The minimum atomic E-state index is -0.446. The lowest BCUT2D eigenvalue weighted by Gasteiger charge is -2.25. The summed E-state index contributed by atoms with van der Waals surface area (Å²) in [4.78, 5) is 41.6. The molecule has 27 heavy (non-hydrogen) atoms. The fourth-order valence-electron chi connectivity index (χ4n) is 3.51. The molecule has 2 aromatic rings. The maximum absolute atomic E-state index is 12.5. The van der Waals surface area contributed by atoms with E-state index in [0.29, 0.717) is 37.2 Å². The maximum Gasteiger partial charge on any atom is 0.261 e. The predicted molar refractivity (Wildman–Crippen MR) is 106 cm³/mol. The summed E-state index contributed by atoms with van der Waals surface area (Å²) >= 11 is 0. The van der Waals surface area contributed by atoms with Crippen LogP contribution in [0.1, 0.15) is 51.7 Å². The molecule has 3 rings (SSSR count). The highest BCUT2D eigenvalue weighted by Crippen LogP contribution is 2.19. The van der Waals surface area contributed by atoms with Crippen molar-refractivity contribution in [2.75, 3.05) is 24.5 Å². The Morgan fingerprint density at radius 1 is 1.22 bits per heavy atom. The molecular weight excluding hydrogens is 342 g/mol. The molecule has 6 nitrogen and oxygen atoms in total. The summed E-state index contributed by atoms with van der Waals surface area (Å²) in [5, 5.41) is 2.80. The molecule has 0 spiro atoms. The van der Waals surface area contributed by atoms with Crippen molar-refractivity contribution >= 4 is 17.4 Å². The van der Waals surface area contributed by atoms with Crippen molar-refractivity contribution in [3.8, 4) is 0 Å². The van der Waals surface area contributed by atoms with Crippen molar-refractivity contribution in [1.29, 1.82) is 0 Å². The number of carbonyl (C=O) groups is 2. The van der Waals surface area contributed by atoms with E-state index in [1.54, 1.807) is 0 Å². The number of aromatic nitrogens is 1. The Kier molecular flexibility index (Phi) is 5.74. The number of H-pyrrole nitrogens is 1. The van der Waals surface area contributed by atoms with Crippen LogP contribution in [0, 0.1) is 6.92 Å². The Labute approximate surface area is 158 Å². The van der Waals surface area contributed by atoms with Gasteiger partial charge in [0.2, 0.25) is 0 Å². The number of amides is 1. The van der Waals surface area contributed by atoms with E-state index in [-0.39, 0.29) is 11.3 Å². The van der Waals surface area contributed by atoms with Crippen LogP contribution in [-0.4, -0.2) is 36.3 Å². The number of aromatic amines is 1. The molecule has 0 fully saturated rings. The van der Waals surface area contributed by atoms with Gasteiger partial charge in [0.05, 0.1) is 0 Å². The second kappa shape index (κ2) is 8.20. The number of aryl methyl sites for hydroxylation is 2. The number of para-hydroxylation sites is 1. The van der Waals surface area contributed by atoms with Crippen molar-refractivity contribution < 1.29 is 9.59 Å². The molecule has 1 aliphatic rings. The molecule has 1 heterocycles. The normalized spacial score (nSPS) is 13.2. The molecule has 142 valence electrons. The van der Waals surface area contributed by atoms with Crippen LogP contribution < -0.4 is 15.8 Å². The van der Waals surface area contributed by atoms with Crippen LogP contribution in [-0.2, 0) is 6.42 Å². The van der Waals surface area contributed by atoms with Gasteiger partial charge in [-0.25, -0.2) is 0 Å². The first kappa shape index (κ1) is 18.9. The van der Waals surface area contributed by atoms with Crippen molar-refractivity contribution in [3.05, 3.63) is 63.1 Å². The van der Waals surface area contributed by atoms with E-state index in [1.165, 1.54) is 11.6 Å². The Hall–Kier alpha value is -2.89. The van der Waals surface area contributed by atoms with Crippen molar-refractivity contribution in [3.63, 3.8) is 0 Å². The van der Waals surface area contributed by atoms with E-state index >= 15 is 0 Å². The van der Waals surface area contributed by atoms with Gasteiger partial charge in [-0.05, 0) is 44.4 Å². The first-order valence-corrected chi connectivity index (χ1v) is 9.39. The van der Waals surface area contributed by atoms with E-state index in [9.17, 15) is 14.4 Å². The first-order chi connectivity index (χ1) is 13.0. The summed E-state index contributed by atoms with van der Waals surface area (Å²) in [5.41, 5.74) is 2.99. The second-order valence-electron chi connectivity index (χ2n) is 6.80. The standard InChI is InChI=1S/C21H25N3O3/c1-3-24(18-9-5-4-7-14(18)2)12-11-22-20(26)16-13-15-17(23-21(16)27)8-6-10-19(15)25/h4-5,7,9,13H,3,6,8,10-12H2,1-2H3,(H,22,26)(H,23,27). The molecule has 6 heteroatoms. The second-order valence-corrected chi connectivity index (χ2v) is 6.80. The minimum Gasteiger partial charge on any atom is -0.370 e. The summed E-state index contributed by atoms with van der Waals surface area (Å²) in [6, 6.07) is 9.55.